The number of benzene rings is 1. The summed E-state index contributed by atoms with van der Waals surface area (Å²) in [6.45, 7) is 5.69. The van der Waals surface area contributed by atoms with E-state index in [4.69, 9.17) is 11.5 Å². The van der Waals surface area contributed by atoms with Crippen molar-refractivity contribution in [2.45, 2.75) is 45.4 Å². The van der Waals surface area contributed by atoms with E-state index in [1.807, 2.05) is 37.3 Å². The van der Waals surface area contributed by atoms with Gasteiger partial charge in [0.1, 0.15) is 5.82 Å². The average Bonchev–Trinajstić information content (AvgIpc) is 2.57. The summed E-state index contributed by atoms with van der Waals surface area (Å²) in [6.07, 6.45) is 9.00. The number of hydrogen-bond donors (Lipinski definition) is 3. The highest BCUT2D eigenvalue weighted by Gasteiger charge is 2.05. The number of nitrogens with zero attached hydrogens (tertiary/aromatic N) is 1. The van der Waals surface area contributed by atoms with Gasteiger partial charge in [-0.2, -0.15) is 0 Å². The zero-order valence-corrected chi connectivity index (χ0v) is 14.5. The Kier molecular flexibility index (Phi) is 6.67. The van der Waals surface area contributed by atoms with Crippen molar-refractivity contribution >= 4 is 22.9 Å². The summed E-state index contributed by atoms with van der Waals surface area (Å²) in [5, 5.41) is 3.20. The quantitative estimate of drug-likeness (QED) is 0.695. The van der Waals surface area contributed by atoms with Gasteiger partial charge in [-0.3, -0.25) is 0 Å². The number of nitrogens with one attached hydrogen (secondary N) is 1. The first-order valence-corrected chi connectivity index (χ1v) is 8.61. The van der Waals surface area contributed by atoms with Crippen molar-refractivity contribution in [3.05, 3.63) is 54.2 Å². The van der Waals surface area contributed by atoms with Crippen LogP contribution in [0.1, 0.15) is 49.8 Å². The van der Waals surface area contributed by atoms with Gasteiger partial charge in [-0.25, -0.2) is 4.98 Å². The maximum atomic E-state index is 5.78. The maximum absolute atomic E-state index is 5.78. The first-order chi connectivity index (χ1) is 11.6. The molecule has 0 amide bonds. The molecule has 1 fully saturated rings. The lowest BCUT2D eigenvalue weighted by molar-refractivity contribution is 0.504. The van der Waals surface area contributed by atoms with Crippen LogP contribution in [0.25, 0.3) is 5.70 Å². The highest BCUT2D eigenvalue weighted by atomic mass is 15.0. The molecule has 128 valence electrons. The van der Waals surface area contributed by atoms with Gasteiger partial charge in [0.05, 0.1) is 5.69 Å². The molecule has 1 heterocycles. The number of rotatable bonds is 3. The summed E-state index contributed by atoms with van der Waals surface area (Å²) in [5.74, 6) is 0.753. The minimum Gasteiger partial charge on any atom is -0.399 e. The summed E-state index contributed by atoms with van der Waals surface area (Å²) in [4.78, 5) is 4.38. The van der Waals surface area contributed by atoms with Gasteiger partial charge in [-0.15, -0.1) is 0 Å². The molecular formula is C20H28N4. The lowest BCUT2D eigenvalue weighted by Gasteiger charge is -2.12. The molecule has 1 aromatic heterocycles. The second-order valence-corrected chi connectivity index (χ2v) is 6.24. The van der Waals surface area contributed by atoms with Gasteiger partial charge >= 0.3 is 0 Å². The van der Waals surface area contributed by atoms with E-state index in [2.05, 4.69) is 16.9 Å². The van der Waals surface area contributed by atoms with Crippen LogP contribution in [0.15, 0.2) is 43.0 Å². The number of aryl methyl sites for hydroxylation is 1. The third-order valence-electron chi connectivity index (χ3n) is 4.04. The standard InChI is InChI=1S/C14H16N4.C6H12/c1-9-4-3-5-14(17-9)18-13-8-11(16)6-7-12(13)10(2)15;1-2-4-6-5-3-1/h3-8H,2,15-16H2,1H3,(H,17,18);1-6H2. The summed E-state index contributed by atoms with van der Waals surface area (Å²) in [6, 6.07) is 11.2. The molecule has 4 nitrogen and oxygen atoms in total. The summed E-state index contributed by atoms with van der Waals surface area (Å²) >= 11 is 0. The molecule has 2 aromatic rings. The van der Waals surface area contributed by atoms with Crippen LogP contribution in [0.5, 0.6) is 0 Å². The van der Waals surface area contributed by atoms with E-state index in [-0.39, 0.29) is 0 Å². The molecule has 0 radical (unpaired) electrons. The van der Waals surface area contributed by atoms with Crippen LogP contribution in [0.4, 0.5) is 17.2 Å². The normalized spacial score (nSPS) is 13.5. The van der Waals surface area contributed by atoms with Crippen molar-refractivity contribution < 1.29 is 0 Å². The van der Waals surface area contributed by atoms with Crippen molar-refractivity contribution in [3.63, 3.8) is 0 Å². The van der Waals surface area contributed by atoms with E-state index in [0.717, 1.165) is 22.8 Å². The van der Waals surface area contributed by atoms with Gasteiger partial charge in [0.15, 0.2) is 0 Å². The molecule has 0 saturated heterocycles. The third kappa shape index (κ3) is 5.61. The fraction of sp³-hybridized carbons (Fsp3) is 0.350. The molecule has 0 spiro atoms. The first kappa shape index (κ1) is 17.9. The van der Waals surface area contributed by atoms with E-state index in [1.54, 1.807) is 6.07 Å². The second-order valence-electron chi connectivity index (χ2n) is 6.24. The highest BCUT2D eigenvalue weighted by molar-refractivity contribution is 5.78. The minimum absolute atomic E-state index is 0.491. The van der Waals surface area contributed by atoms with Crippen LogP contribution in [-0.2, 0) is 0 Å². The number of hydrogen-bond acceptors (Lipinski definition) is 4. The number of pyridine rings is 1. The van der Waals surface area contributed by atoms with Crippen LogP contribution in [0.3, 0.4) is 0 Å². The van der Waals surface area contributed by atoms with Gasteiger partial charge in [0, 0.05) is 22.6 Å². The molecule has 1 aromatic carbocycles. The topological polar surface area (TPSA) is 77.0 Å². The van der Waals surface area contributed by atoms with Crippen molar-refractivity contribution in [1.82, 2.24) is 4.98 Å². The molecular weight excluding hydrogens is 296 g/mol. The SMILES string of the molecule is C1CCCCC1.C=C(N)c1ccc(N)cc1Nc1cccc(C)n1. The fourth-order valence-electron chi connectivity index (χ4n) is 2.76. The van der Waals surface area contributed by atoms with Crippen molar-refractivity contribution in [3.8, 4) is 0 Å². The zero-order chi connectivity index (χ0) is 17.4. The predicted molar refractivity (Wildman–Crippen MR) is 104 cm³/mol. The van der Waals surface area contributed by atoms with E-state index in [9.17, 15) is 0 Å². The van der Waals surface area contributed by atoms with Crippen LogP contribution in [0, 0.1) is 6.92 Å². The van der Waals surface area contributed by atoms with Crippen LogP contribution in [0.2, 0.25) is 0 Å². The number of anilines is 3. The second kappa shape index (κ2) is 8.96. The molecule has 24 heavy (non-hydrogen) atoms. The lowest BCUT2D eigenvalue weighted by atomic mass is 10.0. The molecule has 5 N–H and O–H groups in total. The molecule has 1 aliphatic rings. The summed E-state index contributed by atoms with van der Waals surface area (Å²) in [5.41, 5.74) is 15.3. The minimum atomic E-state index is 0.491. The van der Waals surface area contributed by atoms with Gasteiger partial charge in [-0.1, -0.05) is 51.2 Å². The monoisotopic (exact) mass is 324 g/mol. The van der Waals surface area contributed by atoms with Gasteiger partial charge < -0.3 is 16.8 Å². The Morgan fingerprint density at radius 2 is 1.67 bits per heavy atom. The lowest BCUT2D eigenvalue weighted by Crippen LogP contribution is -2.02. The Morgan fingerprint density at radius 1 is 1.04 bits per heavy atom. The molecule has 1 aliphatic carbocycles. The Morgan fingerprint density at radius 3 is 2.21 bits per heavy atom. The molecule has 0 bridgehead atoms. The van der Waals surface area contributed by atoms with E-state index < -0.39 is 0 Å². The highest BCUT2D eigenvalue weighted by Crippen LogP contribution is 2.25. The molecule has 0 aliphatic heterocycles. The van der Waals surface area contributed by atoms with Crippen molar-refractivity contribution in [2.24, 2.45) is 5.73 Å². The zero-order valence-electron chi connectivity index (χ0n) is 14.5. The Hall–Kier alpha value is -2.49. The molecule has 3 rings (SSSR count). The van der Waals surface area contributed by atoms with E-state index in [1.165, 1.54) is 38.5 Å². The fourth-order valence-corrected chi connectivity index (χ4v) is 2.76. The van der Waals surface area contributed by atoms with Gasteiger partial charge in [-0.05, 0) is 37.3 Å². The molecule has 0 atom stereocenters. The molecule has 0 unspecified atom stereocenters. The van der Waals surface area contributed by atoms with Crippen LogP contribution >= 0.6 is 0 Å². The molecule has 1 saturated carbocycles. The Labute approximate surface area is 145 Å². The smallest absolute Gasteiger partial charge is 0.130 e. The predicted octanol–water partition coefficient (Wildman–Crippen LogP) is 4.99. The van der Waals surface area contributed by atoms with Gasteiger partial charge in [0.25, 0.3) is 0 Å². The van der Waals surface area contributed by atoms with Crippen LogP contribution < -0.4 is 16.8 Å². The van der Waals surface area contributed by atoms with Crippen molar-refractivity contribution in [1.29, 1.82) is 0 Å². The van der Waals surface area contributed by atoms with Gasteiger partial charge in [0.2, 0.25) is 0 Å². The number of nitrogen functional groups attached to an aromatic ring is 1. The van der Waals surface area contributed by atoms with E-state index >= 15 is 0 Å². The summed E-state index contributed by atoms with van der Waals surface area (Å²) in [7, 11) is 0. The Bertz CT molecular complexity index is 664. The molecule has 4 heteroatoms. The van der Waals surface area contributed by atoms with Crippen molar-refractivity contribution in [2.75, 3.05) is 11.1 Å². The average molecular weight is 324 g/mol. The largest absolute Gasteiger partial charge is 0.399 e. The Balaban J connectivity index is 0.000000292. The van der Waals surface area contributed by atoms with E-state index in [0.29, 0.717) is 11.4 Å². The summed E-state index contributed by atoms with van der Waals surface area (Å²) < 4.78 is 0. The first-order valence-electron chi connectivity index (χ1n) is 8.61. The number of aromatic nitrogens is 1. The van der Waals surface area contributed by atoms with Crippen LogP contribution in [-0.4, -0.2) is 4.98 Å². The number of nitrogens with two attached hydrogens (primary N) is 2. The maximum Gasteiger partial charge on any atom is 0.130 e. The third-order valence-corrected chi connectivity index (χ3v) is 4.04.